The van der Waals surface area contributed by atoms with Gasteiger partial charge in [0, 0.05) is 19.3 Å². The third-order valence-electron chi connectivity index (χ3n) is 4.53. The summed E-state index contributed by atoms with van der Waals surface area (Å²) in [6.45, 7) is 2.48. The minimum Gasteiger partial charge on any atom is -0.492 e. The number of hydrogen-bond acceptors (Lipinski definition) is 4. The molecule has 0 radical (unpaired) electrons. The molecule has 146 valence electrons. The monoisotopic (exact) mass is 398 g/mol. The molecular formula is C21H23ClN4O2. The standard InChI is InChI=1S/C21H22N4O2.ClH/c26-21(23-12-14-27-17-9-5-2-6-10-17)18-15-25-13-11-22-19(20(25)24-18)16-7-3-1-4-8-16;/h1-10,15,19,22H,11-14H2,(H,23,26);1H. The number of para-hydroxylation sites is 1. The number of nitrogens with zero attached hydrogens (tertiary/aromatic N) is 2. The average molecular weight is 399 g/mol. The number of halogens is 1. The van der Waals surface area contributed by atoms with Crippen LogP contribution in [0.2, 0.25) is 0 Å². The van der Waals surface area contributed by atoms with Crippen molar-refractivity contribution in [3.8, 4) is 5.75 Å². The zero-order valence-corrected chi connectivity index (χ0v) is 16.2. The van der Waals surface area contributed by atoms with Crippen LogP contribution < -0.4 is 15.4 Å². The molecule has 4 rings (SSSR count). The zero-order chi connectivity index (χ0) is 18.5. The van der Waals surface area contributed by atoms with E-state index in [1.165, 1.54) is 0 Å². The number of carbonyl (C=O) groups is 1. The number of imidazole rings is 1. The van der Waals surface area contributed by atoms with Gasteiger partial charge in [-0.05, 0) is 17.7 Å². The second kappa shape index (κ2) is 9.39. The summed E-state index contributed by atoms with van der Waals surface area (Å²) in [5.41, 5.74) is 1.58. The lowest BCUT2D eigenvalue weighted by Gasteiger charge is -2.25. The first-order chi connectivity index (χ1) is 13.3. The van der Waals surface area contributed by atoms with E-state index in [1.807, 2.05) is 54.7 Å². The normalized spacial score (nSPS) is 15.2. The highest BCUT2D eigenvalue weighted by molar-refractivity contribution is 5.92. The van der Waals surface area contributed by atoms with Crippen molar-refractivity contribution in [2.45, 2.75) is 12.6 Å². The van der Waals surface area contributed by atoms with E-state index in [0.717, 1.165) is 30.2 Å². The summed E-state index contributed by atoms with van der Waals surface area (Å²) in [5, 5.41) is 6.35. The molecule has 28 heavy (non-hydrogen) atoms. The van der Waals surface area contributed by atoms with Gasteiger partial charge < -0.3 is 19.9 Å². The van der Waals surface area contributed by atoms with E-state index in [2.05, 4.69) is 32.3 Å². The van der Waals surface area contributed by atoms with Crippen molar-refractivity contribution >= 4 is 18.3 Å². The minimum atomic E-state index is -0.180. The SMILES string of the molecule is Cl.O=C(NCCOc1ccccc1)c1cn2c(n1)C(c1ccccc1)NCC2. The number of rotatable bonds is 6. The lowest BCUT2D eigenvalue weighted by atomic mass is 10.1. The van der Waals surface area contributed by atoms with E-state index in [0.29, 0.717) is 18.8 Å². The molecule has 1 aliphatic heterocycles. The molecule has 0 spiro atoms. The lowest BCUT2D eigenvalue weighted by Crippen LogP contribution is -2.34. The fourth-order valence-electron chi connectivity index (χ4n) is 3.22. The Balaban J connectivity index is 0.00000225. The number of benzene rings is 2. The van der Waals surface area contributed by atoms with Crippen molar-refractivity contribution in [1.29, 1.82) is 0 Å². The molecule has 2 aromatic carbocycles. The largest absolute Gasteiger partial charge is 0.492 e. The summed E-state index contributed by atoms with van der Waals surface area (Å²) in [7, 11) is 0. The van der Waals surface area contributed by atoms with Crippen molar-refractivity contribution in [2.75, 3.05) is 19.7 Å². The number of hydrogen-bond donors (Lipinski definition) is 2. The quantitative estimate of drug-likeness (QED) is 0.626. The maximum Gasteiger partial charge on any atom is 0.271 e. The molecule has 1 amide bonds. The maximum absolute atomic E-state index is 12.5. The average Bonchev–Trinajstić information content (AvgIpc) is 3.17. The maximum atomic E-state index is 12.5. The van der Waals surface area contributed by atoms with Crippen LogP contribution in [-0.4, -0.2) is 35.2 Å². The van der Waals surface area contributed by atoms with E-state index >= 15 is 0 Å². The van der Waals surface area contributed by atoms with Gasteiger partial charge in [0.2, 0.25) is 0 Å². The van der Waals surface area contributed by atoms with Crippen LogP contribution in [0.25, 0.3) is 0 Å². The molecule has 0 aliphatic carbocycles. The summed E-state index contributed by atoms with van der Waals surface area (Å²) in [6.07, 6.45) is 1.83. The van der Waals surface area contributed by atoms with Gasteiger partial charge in [-0.3, -0.25) is 4.79 Å². The van der Waals surface area contributed by atoms with Gasteiger partial charge in [0.25, 0.3) is 5.91 Å². The molecule has 1 unspecified atom stereocenters. The second-order valence-electron chi connectivity index (χ2n) is 6.39. The van der Waals surface area contributed by atoms with Crippen LogP contribution in [-0.2, 0) is 6.54 Å². The molecule has 2 heterocycles. The van der Waals surface area contributed by atoms with E-state index in [9.17, 15) is 4.79 Å². The number of fused-ring (bicyclic) bond motifs is 1. The van der Waals surface area contributed by atoms with Gasteiger partial charge in [-0.15, -0.1) is 12.4 Å². The molecule has 0 fully saturated rings. The number of amides is 1. The number of aromatic nitrogens is 2. The summed E-state index contributed by atoms with van der Waals surface area (Å²) in [5.74, 6) is 1.49. The molecule has 0 saturated carbocycles. The van der Waals surface area contributed by atoms with Crippen molar-refractivity contribution in [3.63, 3.8) is 0 Å². The summed E-state index contributed by atoms with van der Waals surface area (Å²) in [4.78, 5) is 17.0. The molecule has 1 atom stereocenters. The Bertz CT molecular complexity index is 899. The molecule has 7 heteroatoms. The smallest absolute Gasteiger partial charge is 0.271 e. The second-order valence-corrected chi connectivity index (χ2v) is 6.39. The molecular weight excluding hydrogens is 376 g/mol. The first kappa shape index (κ1) is 19.9. The van der Waals surface area contributed by atoms with E-state index in [4.69, 9.17) is 4.74 Å². The molecule has 0 bridgehead atoms. The van der Waals surface area contributed by atoms with Crippen LogP contribution in [0.3, 0.4) is 0 Å². The Hall–Kier alpha value is -2.83. The molecule has 1 aromatic heterocycles. The van der Waals surface area contributed by atoms with E-state index in [-0.39, 0.29) is 24.4 Å². The Morgan fingerprint density at radius 1 is 1.14 bits per heavy atom. The van der Waals surface area contributed by atoms with Crippen LogP contribution in [0.4, 0.5) is 0 Å². The molecule has 3 aromatic rings. The Kier molecular flexibility index (Phi) is 6.68. The number of nitrogens with one attached hydrogen (secondary N) is 2. The molecule has 6 nitrogen and oxygen atoms in total. The highest BCUT2D eigenvalue weighted by atomic mass is 35.5. The van der Waals surface area contributed by atoms with Crippen LogP contribution in [0.1, 0.15) is 27.9 Å². The zero-order valence-electron chi connectivity index (χ0n) is 15.4. The summed E-state index contributed by atoms with van der Waals surface area (Å²) < 4.78 is 7.66. The van der Waals surface area contributed by atoms with Crippen molar-refractivity contribution in [2.24, 2.45) is 0 Å². The highest BCUT2D eigenvalue weighted by Crippen LogP contribution is 2.24. The van der Waals surface area contributed by atoms with Crippen molar-refractivity contribution in [1.82, 2.24) is 20.2 Å². The first-order valence-corrected chi connectivity index (χ1v) is 9.13. The van der Waals surface area contributed by atoms with Gasteiger partial charge in [0.1, 0.15) is 23.9 Å². The number of carbonyl (C=O) groups excluding carboxylic acids is 1. The first-order valence-electron chi connectivity index (χ1n) is 9.13. The minimum absolute atomic E-state index is 0. The van der Waals surface area contributed by atoms with E-state index < -0.39 is 0 Å². The van der Waals surface area contributed by atoms with Gasteiger partial charge in [-0.2, -0.15) is 0 Å². The fourth-order valence-corrected chi connectivity index (χ4v) is 3.22. The van der Waals surface area contributed by atoms with Crippen molar-refractivity contribution in [3.05, 3.63) is 83.9 Å². The van der Waals surface area contributed by atoms with Crippen LogP contribution in [0.5, 0.6) is 5.75 Å². The van der Waals surface area contributed by atoms with Crippen LogP contribution in [0.15, 0.2) is 66.9 Å². The topological polar surface area (TPSA) is 68.2 Å². The highest BCUT2D eigenvalue weighted by Gasteiger charge is 2.25. The Morgan fingerprint density at radius 3 is 2.61 bits per heavy atom. The third kappa shape index (κ3) is 4.52. The predicted octanol–water partition coefficient (Wildman–Crippen LogP) is 2.81. The third-order valence-corrected chi connectivity index (χ3v) is 4.53. The van der Waals surface area contributed by atoms with Gasteiger partial charge in [0.05, 0.1) is 12.6 Å². The number of ether oxygens (including phenoxy) is 1. The van der Waals surface area contributed by atoms with Crippen LogP contribution >= 0.6 is 12.4 Å². The van der Waals surface area contributed by atoms with Gasteiger partial charge in [0.15, 0.2) is 0 Å². The fraction of sp³-hybridized carbons (Fsp3) is 0.238. The Morgan fingerprint density at radius 2 is 1.86 bits per heavy atom. The van der Waals surface area contributed by atoms with Gasteiger partial charge in [-0.25, -0.2) is 4.98 Å². The molecule has 2 N–H and O–H groups in total. The summed E-state index contributed by atoms with van der Waals surface area (Å²) in [6, 6.07) is 19.7. The molecule has 1 aliphatic rings. The van der Waals surface area contributed by atoms with E-state index in [1.54, 1.807) is 0 Å². The summed E-state index contributed by atoms with van der Waals surface area (Å²) >= 11 is 0. The molecule has 0 saturated heterocycles. The van der Waals surface area contributed by atoms with Gasteiger partial charge in [-0.1, -0.05) is 48.5 Å². The van der Waals surface area contributed by atoms with Gasteiger partial charge >= 0.3 is 0 Å². The predicted molar refractivity (Wildman–Crippen MR) is 110 cm³/mol. The van der Waals surface area contributed by atoms with Crippen molar-refractivity contribution < 1.29 is 9.53 Å². The Labute approximate surface area is 170 Å². The lowest BCUT2D eigenvalue weighted by molar-refractivity contribution is 0.0942. The van der Waals surface area contributed by atoms with Crippen LogP contribution in [0, 0.1) is 0 Å².